The first-order valence-corrected chi connectivity index (χ1v) is 10.4. The number of carbonyl (C=O) groups excluding carboxylic acids is 1. The number of pyridine rings is 2. The Balaban J connectivity index is 1.40. The molecule has 3 aromatic rings. The van der Waals surface area contributed by atoms with Crippen LogP contribution in [-0.2, 0) is 0 Å². The number of anilines is 1. The SMILES string of the molecule is Cc1nnc(-c2cnc3cnc(NC(=O)N4CCC(NCC(F)F)CC4)cc3c2)s1. The van der Waals surface area contributed by atoms with Gasteiger partial charge in [-0.25, -0.2) is 18.6 Å². The minimum atomic E-state index is -2.36. The summed E-state index contributed by atoms with van der Waals surface area (Å²) in [6, 6.07) is 3.47. The number of carbonyl (C=O) groups is 1. The van der Waals surface area contributed by atoms with Crippen LogP contribution in [0.25, 0.3) is 21.5 Å². The Morgan fingerprint density at radius 1 is 1.23 bits per heavy atom. The highest BCUT2D eigenvalue weighted by atomic mass is 32.1. The van der Waals surface area contributed by atoms with Crippen molar-refractivity contribution >= 4 is 34.1 Å². The van der Waals surface area contributed by atoms with Crippen molar-refractivity contribution in [2.75, 3.05) is 25.0 Å². The molecular weight excluding hydrogens is 412 g/mol. The van der Waals surface area contributed by atoms with Crippen molar-refractivity contribution in [2.24, 2.45) is 0 Å². The van der Waals surface area contributed by atoms with E-state index in [0.717, 1.165) is 21.0 Å². The number of amides is 2. The fraction of sp³-hybridized carbons (Fsp3) is 0.421. The monoisotopic (exact) mass is 433 g/mol. The van der Waals surface area contributed by atoms with E-state index >= 15 is 0 Å². The molecule has 3 aromatic heterocycles. The molecule has 2 N–H and O–H groups in total. The molecule has 1 aliphatic heterocycles. The molecule has 4 heterocycles. The summed E-state index contributed by atoms with van der Waals surface area (Å²) in [5, 5.41) is 16.3. The Labute approximate surface area is 175 Å². The van der Waals surface area contributed by atoms with E-state index in [1.54, 1.807) is 23.4 Å². The molecule has 8 nitrogen and oxygen atoms in total. The second-order valence-corrected chi connectivity index (χ2v) is 8.28. The Morgan fingerprint density at radius 3 is 2.73 bits per heavy atom. The molecule has 0 aliphatic carbocycles. The summed E-state index contributed by atoms with van der Waals surface area (Å²) in [7, 11) is 0. The number of aromatic nitrogens is 4. The minimum Gasteiger partial charge on any atom is -0.324 e. The van der Waals surface area contributed by atoms with Crippen molar-refractivity contribution in [3.63, 3.8) is 0 Å². The molecule has 2 amide bonds. The number of nitrogens with one attached hydrogen (secondary N) is 2. The molecule has 0 unspecified atom stereocenters. The van der Waals surface area contributed by atoms with E-state index in [2.05, 4.69) is 30.8 Å². The molecule has 4 rings (SSSR count). The lowest BCUT2D eigenvalue weighted by Gasteiger charge is -2.32. The average Bonchev–Trinajstić information content (AvgIpc) is 3.18. The van der Waals surface area contributed by atoms with Gasteiger partial charge in [0, 0.05) is 36.3 Å². The van der Waals surface area contributed by atoms with E-state index in [-0.39, 0.29) is 18.6 Å². The third kappa shape index (κ3) is 4.85. The summed E-state index contributed by atoms with van der Waals surface area (Å²) in [6.07, 6.45) is 2.26. The van der Waals surface area contributed by atoms with Crippen molar-refractivity contribution in [1.29, 1.82) is 0 Å². The molecule has 1 aliphatic rings. The number of rotatable bonds is 5. The highest BCUT2D eigenvalue weighted by molar-refractivity contribution is 7.14. The van der Waals surface area contributed by atoms with Crippen LogP contribution in [0.1, 0.15) is 17.8 Å². The predicted octanol–water partition coefficient (Wildman–Crippen LogP) is 3.31. The lowest BCUT2D eigenvalue weighted by Crippen LogP contribution is -2.47. The molecule has 0 saturated carbocycles. The number of urea groups is 1. The van der Waals surface area contributed by atoms with Gasteiger partial charge in [-0.3, -0.25) is 10.3 Å². The smallest absolute Gasteiger partial charge is 0.323 e. The zero-order valence-corrected chi connectivity index (χ0v) is 17.1. The molecule has 0 atom stereocenters. The normalized spacial score (nSPS) is 15.1. The molecule has 11 heteroatoms. The van der Waals surface area contributed by atoms with Crippen LogP contribution in [0.15, 0.2) is 24.5 Å². The third-order valence-corrected chi connectivity index (χ3v) is 5.81. The van der Waals surface area contributed by atoms with Crippen LogP contribution in [0.3, 0.4) is 0 Å². The molecule has 0 radical (unpaired) electrons. The van der Waals surface area contributed by atoms with Gasteiger partial charge in [0.15, 0.2) is 0 Å². The first-order chi connectivity index (χ1) is 14.5. The highest BCUT2D eigenvalue weighted by Gasteiger charge is 2.23. The van der Waals surface area contributed by atoms with E-state index in [1.807, 2.05) is 13.0 Å². The largest absolute Gasteiger partial charge is 0.324 e. The van der Waals surface area contributed by atoms with Crippen LogP contribution in [0.5, 0.6) is 0 Å². The van der Waals surface area contributed by atoms with Gasteiger partial charge in [0.2, 0.25) is 0 Å². The number of hydrogen-bond donors (Lipinski definition) is 2. The predicted molar refractivity (Wildman–Crippen MR) is 111 cm³/mol. The van der Waals surface area contributed by atoms with Crippen molar-refractivity contribution in [3.05, 3.63) is 29.5 Å². The van der Waals surface area contributed by atoms with Crippen LogP contribution < -0.4 is 10.6 Å². The first kappa shape index (κ1) is 20.5. The summed E-state index contributed by atoms with van der Waals surface area (Å²) >= 11 is 1.49. The summed E-state index contributed by atoms with van der Waals surface area (Å²) < 4.78 is 24.6. The Kier molecular flexibility index (Phi) is 6.09. The number of alkyl halides is 2. The second kappa shape index (κ2) is 8.92. The fourth-order valence-corrected chi connectivity index (χ4v) is 4.03. The summed E-state index contributed by atoms with van der Waals surface area (Å²) in [5.41, 5.74) is 1.57. The Morgan fingerprint density at radius 2 is 2.03 bits per heavy atom. The van der Waals surface area contributed by atoms with Crippen molar-refractivity contribution in [3.8, 4) is 10.6 Å². The summed E-state index contributed by atoms with van der Waals surface area (Å²) in [5.74, 6) is 0.429. The molecule has 0 spiro atoms. The van der Waals surface area contributed by atoms with Gasteiger partial charge >= 0.3 is 6.03 Å². The van der Waals surface area contributed by atoms with Gasteiger partial charge in [-0.1, -0.05) is 11.3 Å². The Hall–Kier alpha value is -2.79. The van der Waals surface area contributed by atoms with Crippen molar-refractivity contribution in [1.82, 2.24) is 30.4 Å². The van der Waals surface area contributed by atoms with Crippen LogP contribution in [0.2, 0.25) is 0 Å². The molecule has 0 aromatic carbocycles. The van der Waals surface area contributed by atoms with Gasteiger partial charge in [-0.2, -0.15) is 0 Å². The maximum atomic E-state index is 12.6. The van der Waals surface area contributed by atoms with E-state index in [9.17, 15) is 13.6 Å². The van der Waals surface area contributed by atoms with E-state index in [4.69, 9.17) is 0 Å². The lowest BCUT2D eigenvalue weighted by atomic mass is 10.1. The van der Waals surface area contributed by atoms with Gasteiger partial charge in [0.25, 0.3) is 6.43 Å². The number of nitrogens with zero attached hydrogens (tertiary/aromatic N) is 5. The number of piperidine rings is 1. The lowest BCUT2D eigenvalue weighted by molar-refractivity contribution is 0.132. The van der Waals surface area contributed by atoms with Crippen LogP contribution in [0.4, 0.5) is 19.4 Å². The number of halogens is 2. The van der Waals surface area contributed by atoms with E-state index < -0.39 is 6.43 Å². The first-order valence-electron chi connectivity index (χ1n) is 9.61. The van der Waals surface area contributed by atoms with Crippen molar-refractivity contribution in [2.45, 2.75) is 32.2 Å². The number of likely N-dealkylation sites (tertiary alicyclic amines) is 1. The van der Waals surface area contributed by atoms with Gasteiger partial charge in [0.1, 0.15) is 15.8 Å². The highest BCUT2D eigenvalue weighted by Crippen LogP contribution is 2.26. The topological polar surface area (TPSA) is 95.9 Å². The zero-order chi connectivity index (χ0) is 21.1. The number of fused-ring (bicyclic) bond motifs is 1. The van der Waals surface area contributed by atoms with Crippen LogP contribution in [-0.4, -0.2) is 63.2 Å². The molecule has 1 saturated heterocycles. The van der Waals surface area contributed by atoms with Crippen molar-refractivity contribution < 1.29 is 13.6 Å². The van der Waals surface area contributed by atoms with E-state index in [0.29, 0.717) is 37.3 Å². The van der Waals surface area contributed by atoms with Crippen LogP contribution in [0, 0.1) is 6.92 Å². The van der Waals surface area contributed by atoms with Gasteiger partial charge < -0.3 is 10.2 Å². The molecule has 1 fully saturated rings. The summed E-state index contributed by atoms with van der Waals surface area (Å²) in [4.78, 5) is 22.9. The van der Waals surface area contributed by atoms with E-state index in [1.165, 1.54) is 11.3 Å². The second-order valence-electron chi connectivity index (χ2n) is 7.10. The van der Waals surface area contributed by atoms with Crippen LogP contribution >= 0.6 is 11.3 Å². The molecule has 0 bridgehead atoms. The number of aryl methyl sites for hydroxylation is 1. The molecular formula is C19H21F2N7OS. The quantitative estimate of drug-likeness (QED) is 0.641. The van der Waals surface area contributed by atoms with Gasteiger partial charge in [-0.15, -0.1) is 10.2 Å². The standard InChI is InChI=1S/C19H21F2N7OS/c1-11-26-27-18(30-11)13-6-12-7-17(24-9-15(12)23-8-13)25-19(29)28-4-2-14(3-5-28)22-10-16(20)21/h6-9,14,16,22H,2-5,10H2,1H3,(H,24,25,29). The van der Waals surface area contributed by atoms with Gasteiger partial charge in [0.05, 0.1) is 18.3 Å². The fourth-order valence-electron chi connectivity index (χ4n) is 3.36. The molecule has 30 heavy (non-hydrogen) atoms. The summed E-state index contributed by atoms with van der Waals surface area (Å²) in [6.45, 7) is 2.58. The average molecular weight is 433 g/mol. The number of hydrogen-bond acceptors (Lipinski definition) is 7. The Bertz CT molecular complexity index is 1040. The third-order valence-electron chi connectivity index (χ3n) is 4.92. The zero-order valence-electron chi connectivity index (χ0n) is 16.3. The maximum Gasteiger partial charge on any atom is 0.323 e. The minimum absolute atomic E-state index is 0.00956. The van der Waals surface area contributed by atoms with Gasteiger partial charge in [-0.05, 0) is 31.9 Å². The molecule has 158 valence electrons. The maximum absolute atomic E-state index is 12.6.